The van der Waals surface area contributed by atoms with Gasteiger partial charge in [-0.05, 0) is 36.8 Å². The fraction of sp³-hybridized carbons (Fsp3) is 0.200. The van der Waals surface area contributed by atoms with Crippen molar-refractivity contribution in [1.29, 1.82) is 0 Å². The van der Waals surface area contributed by atoms with Gasteiger partial charge in [-0.3, -0.25) is 0 Å². The van der Waals surface area contributed by atoms with Gasteiger partial charge in [0.05, 0.1) is 0 Å². The van der Waals surface area contributed by atoms with E-state index < -0.39 is 5.76 Å². The van der Waals surface area contributed by atoms with Crippen molar-refractivity contribution in [1.82, 2.24) is 0 Å². The maximum absolute atomic E-state index is 12.5. The summed E-state index contributed by atoms with van der Waals surface area (Å²) in [6.45, 7) is 2.01. The summed E-state index contributed by atoms with van der Waals surface area (Å²) in [5.41, 5.74) is 1.82. The first kappa shape index (κ1) is 15.3. The van der Waals surface area contributed by atoms with E-state index in [1.807, 2.05) is 43.3 Å². The molecular formula is C15H14BrF2NS. The molecule has 20 heavy (non-hydrogen) atoms. The van der Waals surface area contributed by atoms with Crippen molar-refractivity contribution in [2.75, 3.05) is 5.32 Å². The molecule has 0 bridgehead atoms. The molecule has 5 heteroatoms. The monoisotopic (exact) mass is 357 g/mol. The molecular weight excluding hydrogens is 344 g/mol. The maximum atomic E-state index is 12.5. The standard InChI is InChI=1S/C15H14BrF2NS/c1-10(11-5-4-6-12(16)9-11)19-13-7-2-3-8-14(13)20-15(17)18/h2-10,15,19H,1H3. The number of hydrogen-bond acceptors (Lipinski definition) is 2. The van der Waals surface area contributed by atoms with Gasteiger partial charge in [0.2, 0.25) is 0 Å². The summed E-state index contributed by atoms with van der Waals surface area (Å²) in [7, 11) is 0. The van der Waals surface area contributed by atoms with Crippen molar-refractivity contribution >= 4 is 33.4 Å². The molecule has 0 saturated heterocycles. The highest BCUT2D eigenvalue weighted by molar-refractivity contribution is 9.10. The van der Waals surface area contributed by atoms with Gasteiger partial charge in [-0.25, -0.2) is 0 Å². The lowest BCUT2D eigenvalue weighted by molar-refractivity contribution is 0.252. The first-order valence-electron chi connectivity index (χ1n) is 6.12. The Morgan fingerprint density at radius 3 is 2.55 bits per heavy atom. The summed E-state index contributed by atoms with van der Waals surface area (Å²) in [5.74, 6) is -2.42. The minimum absolute atomic E-state index is 0.0342. The Kier molecular flexibility index (Phi) is 5.43. The summed E-state index contributed by atoms with van der Waals surface area (Å²) in [6.07, 6.45) is 0. The van der Waals surface area contributed by atoms with Crippen molar-refractivity contribution in [2.24, 2.45) is 0 Å². The zero-order chi connectivity index (χ0) is 14.5. The number of alkyl halides is 2. The number of nitrogens with one attached hydrogen (secondary N) is 1. The van der Waals surface area contributed by atoms with Crippen LogP contribution in [0.15, 0.2) is 57.9 Å². The first-order chi connectivity index (χ1) is 9.56. The van der Waals surface area contributed by atoms with Crippen LogP contribution in [-0.2, 0) is 0 Å². The molecule has 0 aromatic heterocycles. The molecule has 0 radical (unpaired) electrons. The van der Waals surface area contributed by atoms with Crippen molar-refractivity contribution in [3.63, 3.8) is 0 Å². The fourth-order valence-corrected chi connectivity index (χ4v) is 2.90. The Hall–Kier alpha value is -1.07. The Morgan fingerprint density at radius 2 is 1.85 bits per heavy atom. The SMILES string of the molecule is CC(Nc1ccccc1SC(F)F)c1cccc(Br)c1. The van der Waals surface area contributed by atoms with E-state index in [0.29, 0.717) is 16.7 Å². The minimum atomic E-state index is -2.42. The number of rotatable bonds is 5. The molecule has 0 amide bonds. The number of para-hydroxylation sites is 1. The highest BCUT2D eigenvalue weighted by atomic mass is 79.9. The molecule has 0 aliphatic carbocycles. The third-order valence-corrected chi connectivity index (χ3v) is 4.11. The van der Waals surface area contributed by atoms with Crippen molar-refractivity contribution < 1.29 is 8.78 Å². The van der Waals surface area contributed by atoms with Crippen molar-refractivity contribution in [3.8, 4) is 0 Å². The number of benzene rings is 2. The van der Waals surface area contributed by atoms with Crippen LogP contribution >= 0.6 is 27.7 Å². The second-order valence-electron chi connectivity index (χ2n) is 4.30. The van der Waals surface area contributed by atoms with Gasteiger partial charge in [0.25, 0.3) is 5.76 Å². The molecule has 2 rings (SSSR count). The van der Waals surface area contributed by atoms with E-state index in [1.165, 1.54) is 0 Å². The van der Waals surface area contributed by atoms with Crippen molar-refractivity contribution in [3.05, 3.63) is 58.6 Å². The lowest BCUT2D eigenvalue weighted by Gasteiger charge is -2.18. The van der Waals surface area contributed by atoms with Crippen LogP contribution in [0.5, 0.6) is 0 Å². The average molecular weight is 358 g/mol. The van der Waals surface area contributed by atoms with Crippen LogP contribution in [0.3, 0.4) is 0 Å². The molecule has 0 aliphatic rings. The second-order valence-corrected chi connectivity index (χ2v) is 6.24. The number of thioether (sulfide) groups is 1. The fourth-order valence-electron chi connectivity index (χ4n) is 1.88. The zero-order valence-electron chi connectivity index (χ0n) is 10.8. The van der Waals surface area contributed by atoms with E-state index >= 15 is 0 Å². The highest BCUT2D eigenvalue weighted by Crippen LogP contribution is 2.33. The molecule has 1 nitrogen and oxygen atoms in total. The summed E-state index contributed by atoms with van der Waals surface area (Å²) in [6, 6.07) is 15.1. The van der Waals surface area contributed by atoms with Gasteiger partial charge in [-0.1, -0.05) is 52.0 Å². The molecule has 0 saturated carbocycles. The van der Waals surface area contributed by atoms with Gasteiger partial charge in [0, 0.05) is 21.1 Å². The highest BCUT2D eigenvalue weighted by Gasteiger charge is 2.12. The molecule has 0 aliphatic heterocycles. The molecule has 1 unspecified atom stereocenters. The van der Waals surface area contributed by atoms with Crippen LogP contribution in [-0.4, -0.2) is 5.76 Å². The third-order valence-electron chi connectivity index (χ3n) is 2.82. The summed E-state index contributed by atoms with van der Waals surface area (Å²) >= 11 is 3.99. The normalized spacial score (nSPS) is 12.4. The van der Waals surface area contributed by atoms with Crippen LogP contribution in [0.2, 0.25) is 0 Å². The Balaban J connectivity index is 2.17. The van der Waals surface area contributed by atoms with Crippen LogP contribution in [0.1, 0.15) is 18.5 Å². The molecule has 0 spiro atoms. The van der Waals surface area contributed by atoms with Crippen LogP contribution < -0.4 is 5.32 Å². The lowest BCUT2D eigenvalue weighted by Crippen LogP contribution is -2.07. The molecule has 106 valence electrons. The first-order valence-corrected chi connectivity index (χ1v) is 7.79. The van der Waals surface area contributed by atoms with E-state index in [-0.39, 0.29) is 6.04 Å². The van der Waals surface area contributed by atoms with Crippen LogP contribution in [0, 0.1) is 0 Å². The largest absolute Gasteiger partial charge is 0.378 e. The maximum Gasteiger partial charge on any atom is 0.288 e. The molecule has 0 fully saturated rings. The summed E-state index contributed by atoms with van der Waals surface area (Å²) in [4.78, 5) is 0.560. The van der Waals surface area contributed by atoms with Gasteiger partial charge in [0.1, 0.15) is 0 Å². The van der Waals surface area contributed by atoms with E-state index in [0.717, 1.165) is 15.7 Å². The van der Waals surface area contributed by atoms with Gasteiger partial charge in [-0.15, -0.1) is 0 Å². The molecule has 2 aromatic carbocycles. The topological polar surface area (TPSA) is 12.0 Å². The Bertz CT molecular complexity index is 577. The lowest BCUT2D eigenvalue weighted by atomic mass is 10.1. The zero-order valence-corrected chi connectivity index (χ0v) is 13.2. The smallest absolute Gasteiger partial charge is 0.288 e. The minimum Gasteiger partial charge on any atom is -0.378 e. The number of halogens is 3. The average Bonchev–Trinajstić information content (AvgIpc) is 2.40. The summed E-state index contributed by atoms with van der Waals surface area (Å²) < 4.78 is 26.1. The van der Waals surface area contributed by atoms with Gasteiger partial charge >= 0.3 is 0 Å². The molecule has 0 heterocycles. The van der Waals surface area contributed by atoms with Gasteiger partial charge < -0.3 is 5.32 Å². The predicted octanol–water partition coefficient (Wildman–Crippen LogP) is 5.94. The predicted molar refractivity (Wildman–Crippen MR) is 84.5 cm³/mol. The van der Waals surface area contributed by atoms with E-state index in [2.05, 4.69) is 21.2 Å². The number of hydrogen-bond donors (Lipinski definition) is 1. The van der Waals surface area contributed by atoms with Gasteiger partial charge in [-0.2, -0.15) is 8.78 Å². The Labute approximate surface area is 129 Å². The van der Waals surface area contributed by atoms with E-state index in [9.17, 15) is 8.78 Å². The second kappa shape index (κ2) is 7.09. The third kappa shape index (κ3) is 4.21. The quantitative estimate of drug-likeness (QED) is 0.664. The number of anilines is 1. The van der Waals surface area contributed by atoms with Crippen molar-refractivity contribution in [2.45, 2.75) is 23.6 Å². The molecule has 1 N–H and O–H groups in total. The Morgan fingerprint density at radius 1 is 1.10 bits per heavy atom. The van der Waals surface area contributed by atoms with Gasteiger partial charge in [0.15, 0.2) is 0 Å². The summed E-state index contributed by atoms with van der Waals surface area (Å²) in [5, 5.41) is 3.28. The van der Waals surface area contributed by atoms with E-state index in [4.69, 9.17) is 0 Å². The van der Waals surface area contributed by atoms with Crippen LogP contribution in [0.25, 0.3) is 0 Å². The molecule has 1 atom stereocenters. The molecule has 2 aromatic rings. The van der Waals surface area contributed by atoms with Crippen LogP contribution in [0.4, 0.5) is 14.5 Å². The van der Waals surface area contributed by atoms with E-state index in [1.54, 1.807) is 12.1 Å².